The predicted molar refractivity (Wildman–Crippen MR) is 115 cm³/mol. The van der Waals surface area contributed by atoms with Crippen molar-refractivity contribution in [1.82, 2.24) is 14.9 Å². The minimum absolute atomic E-state index is 0.231. The molecule has 2 N–H and O–H groups in total. The molecule has 0 aliphatic carbocycles. The highest BCUT2D eigenvalue weighted by atomic mass is 35.5. The molecule has 0 saturated heterocycles. The van der Waals surface area contributed by atoms with Gasteiger partial charge < -0.3 is 10.2 Å². The number of H-pyrrole nitrogens is 1. The van der Waals surface area contributed by atoms with Gasteiger partial charge in [0.05, 0.1) is 11.6 Å². The molecule has 0 aliphatic heterocycles. The Morgan fingerprint density at radius 2 is 2.03 bits per heavy atom. The molecule has 8 heteroatoms. The number of aromatic nitrogens is 3. The summed E-state index contributed by atoms with van der Waals surface area (Å²) in [5, 5.41) is 9.38. The Morgan fingerprint density at radius 3 is 2.79 bits per heavy atom. The molecule has 1 heterocycles. The number of ether oxygens (including phenoxy) is 1. The average Bonchev–Trinajstić information content (AvgIpc) is 3.03. The van der Waals surface area contributed by atoms with Crippen LogP contribution in [0, 0.1) is 17.5 Å². The number of nitrogens with zero attached hydrogens (tertiary/aromatic N) is 2. The molecule has 4 aromatic rings. The van der Waals surface area contributed by atoms with Crippen molar-refractivity contribution in [3.8, 4) is 5.75 Å². The van der Waals surface area contributed by atoms with Crippen molar-refractivity contribution < 1.29 is 9.13 Å². The number of halogens is 2. The molecule has 1 aromatic heterocycles. The van der Waals surface area contributed by atoms with E-state index in [0.29, 0.717) is 27.7 Å². The molecule has 0 amide bonds. The number of rotatable bonds is 6. The molecule has 3 aromatic carbocycles. The van der Waals surface area contributed by atoms with Crippen LogP contribution in [0.1, 0.15) is 17.0 Å². The van der Waals surface area contributed by atoms with Crippen LogP contribution in [0.4, 0.5) is 4.39 Å². The van der Waals surface area contributed by atoms with E-state index in [9.17, 15) is 4.39 Å². The van der Waals surface area contributed by atoms with Crippen molar-refractivity contribution in [2.75, 3.05) is 5.43 Å². The second-order valence-corrected chi connectivity index (χ2v) is 7.33. The fourth-order valence-corrected chi connectivity index (χ4v) is 3.61. The molecule has 4 rings (SSSR count). The molecule has 0 bridgehead atoms. The minimum atomic E-state index is -0.374. The first kappa shape index (κ1) is 19.4. The average molecular weight is 429 g/mol. The quantitative estimate of drug-likeness (QED) is 0.397. The van der Waals surface area contributed by atoms with Crippen LogP contribution in [0.3, 0.4) is 0 Å². The van der Waals surface area contributed by atoms with E-state index in [2.05, 4.69) is 15.6 Å². The summed E-state index contributed by atoms with van der Waals surface area (Å²) in [5.41, 5.74) is 4.98. The Hall–Kier alpha value is -2.90. The third-order valence-corrected chi connectivity index (χ3v) is 5.28. The van der Waals surface area contributed by atoms with Gasteiger partial charge in [-0.25, -0.2) is 9.07 Å². The number of aryl methyl sites for hydroxylation is 1. The summed E-state index contributed by atoms with van der Waals surface area (Å²) in [6.45, 7) is 2.56. The number of aromatic amines is 1. The molecule has 0 spiro atoms. The van der Waals surface area contributed by atoms with Gasteiger partial charge in [-0.3, -0.25) is 5.10 Å². The Balaban J connectivity index is 1.66. The van der Waals surface area contributed by atoms with E-state index in [0.717, 1.165) is 22.2 Å². The smallest absolute Gasteiger partial charge is 0.214 e. The van der Waals surface area contributed by atoms with Crippen LogP contribution in [-0.2, 0) is 13.2 Å². The van der Waals surface area contributed by atoms with E-state index >= 15 is 0 Å². The van der Waals surface area contributed by atoms with Crippen LogP contribution >= 0.6 is 23.8 Å². The van der Waals surface area contributed by atoms with Gasteiger partial charge in [-0.2, -0.15) is 5.10 Å². The van der Waals surface area contributed by atoms with Crippen molar-refractivity contribution in [2.45, 2.75) is 20.1 Å². The van der Waals surface area contributed by atoms with E-state index in [4.69, 9.17) is 28.6 Å². The van der Waals surface area contributed by atoms with E-state index in [-0.39, 0.29) is 12.4 Å². The number of hydrogen-bond donors (Lipinski definition) is 2. The van der Waals surface area contributed by atoms with Gasteiger partial charge in [0.25, 0.3) is 0 Å². The van der Waals surface area contributed by atoms with Gasteiger partial charge in [0, 0.05) is 11.1 Å². The molecule has 0 atom stereocenters. The molecule has 0 saturated carbocycles. The standard InChI is InChI=1S/C21H18ClFN4OS/c1-13-25-26-21(29)27(13)24-11-18-17-5-3-2-4-14(17)7-9-20(18)28-12-15-6-8-16(23)10-19(15)22/h2-10,24H,11-12H2,1H3,(H,26,29). The molecular weight excluding hydrogens is 411 g/mol. The maximum atomic E-state index is 13.3. The number of fused-ring (bicyclic) bond motifs is 1. The topological polar surface area (TPSA) is 54.9 Å². The molecule has 0 aliphatic rings. The lowest BCUT2D eigenvalue weighted by molar-refractivity contribution is 0.303. The van der Waals surface area contributed by atoms with Crippen molar-refractivity contribution in [1.29, 1.82) is 0 Å². The second-order valence-electron chi connectivity index (χ2n) is 6.53. The molecule has 0 fully saturated rings. The van der Waals surface area contributed by atoms with Gasteiger partial charge >= 0.3 is 0 Å². The maximum absolute atomic E-state index is 13.3. The summed E-state index contributed by atoms with van der Waals surface area (Å²) >= 11 is 11.4. The number of benzene rings is 3. The highest BCUT2D eigenvalue weighted by molar-refractivity contribution is 7.71. The number of hydrogen-bond acceptors (Lipinski definition) is 4. The lowest BCUT2D eigenvalue weighted by Crippen LogP contribution is -2.17. The molecule has 5 nitrogen and oxygen atoms in total. The van der Waals surface area contributed by atoms with Crippen LogP contribution in [0.25, 0.3) is 10.8 Å². The zero-order valence-corrected chi connectivity index (χ0v) is 17.1. The van der Waals surface area contributed by atoms with Crippen LogP contribution in [0.2, 0.25) is 5.02 Å². The first-order chi connectivity index (χ1) is 14.0. The second kappa shape index (κ2) is 8.23. The lowest BCUT2D eigenvalue weighted by Gasteiger charge is -2.16. The monoisotopic (exact) mass is 428 g/mol. The third kappa shape index (κ3) is 4.11. The highest BCUT2D eigenvalue weighted by Crippen LogP contribution is 2.30. The molecule has 29 heavy (non-hydrogen) atoms. The Bertz CT molecular complexity index is 1240. The van der Waals surface area contributed by atoms with Gasteiger partial charge in [0.1, 0.15) is 24.0 Å². The van der Waals surface area contributed by atoms with E-state index in [1.165, 1.54) is 12.1 Å². The van der Waals surface area contributed by atoms with E-state index in [1.54, 1.807) is 10.7 Å². The van der Waals surface area contributed by atoms with Gasteiger partial charge in [0.15, 0.2) is 0 Å². The molecule has 0 unspecified atom stereocenters. The Labute approximate surface area is 177 Å². The lowest BCUT2D eigenvalue weighted by atomic mass is 10.0. The maximum Gasteiger partial charge on any atom is 0.214 e. The SMILES string of the molecule is Cc1n[nH]c(=S)n1NCc1c(OCc2ccc(F)cc2Cl)ccc2ccccc12. The summed E-state index contributed by atoms with van der Waals surface area (Å²) in [5.74, 6) is 1.07. The van der Waals surface area contributed by atoms with Crippen LogP contribution in [0.15, 0.2) is 54.6 Å². The summed E-state index contributed by atoms with van der Waals surface area (Å²) in [4.78, 5) is 0. The van der Waals surface area contributed by atoms with Crippen molar-refractivity contribution >= 4 is 34.6 Å². The fourth-order valence-electron chi connectivity index (χ4n) is 3.15. The molecule has 0 radical (unpaired) electrons. The fraction of sp³-hybridized carbons (Fsp3) is 0.143. The summed E-state index contributed by atoms with van der Waals surface area (Å²) in [7, 11) is 0. The van der Waals surface area contributed by atoms with Crippen LogP contribution in [0.5, 0.6) is 5.75 Å². The van der Waals surface area contributed by atoms with Gasteiger partial charge in [-0.05, 0) is 48.1 Å². The van der Waals surface area contributed by atoms with Crippen molar-refractivity contribution in [3.63, 3.8) is 0 Å². The Morgan fingerprint density at radius 1 is 1.21 bits per heavy atom. The van der Waals surface area contributed by atoms with Crippen LogP contribution in [-0.4, -0.2) is 14.9 Å². The van der Waals surface area contributed by atoms with Crippen molar-refractivity contribution in [2.24, 2.45) is 0 Å². The van der Waals surface area contributed by atoms with Crippen LogP contribution < -0.4 is 10.2 Å². The first-order valence-electron chi connectivity index (χ1n) is 8.98. The van der Waals surface area contributed by atoms with Crippen molar-refractivity contribution in [3.05, 3.63) is 87.2 Å². The van der Waals surface area contributed by atoms with Gasteiger partial charge in [-0.15, -0.1) is 0 Å². The highest BCUT2D eigenvalue weighted by Gasteiger charge is 2.11. The zero-order valence-electron chi connectivity index (χ0n) is 15.6. The van der Waals surface area contributed by atoms with E-state index < -0.39 is 0 Å². The number of nitrogens with one attached hydrogen (secondary N) is 2. The first-order valence-corrected chi connectivity index (χ1v) is 9.77. The van der Waals surface area contributed by atoms with Gasteiger partial charge in [-0.1, -0.05) is 48.0 Å². The zero-order chi connectivity index (χ0) is 20.4. The summed E-state index contributed by atoms with van der Waals surface area (Å²) in [6, 6.07) is 16.3. The third-order valence-electron chi connectivity index (χ3n) is 4.65. The summed E-state index contributed by atoms with van der Waals surface area (Å²) in [6.07, 6.45) is 0. The predicted octanol–water partition coefficient (Wildman–Crippen LogP) is 5.52. The molecule has 148 valence electrons. The summed E-state index contributed by atoms with van der Waals surface area (Å²) < 4.78 is 21.6. The normalized spacial score (nSPS) is 11.0. The molecular formula is C21H18ClFN4OS. The Kier molecular flexibility index (Phi) is 5.51. The van der Waals surface area contributed by atoms with Gasteiger partial charge in [0.2, 0.25) is 4.77 Å². The largest absolute Gasteiger partial charge is 0.488 e. The minimum Gasteiger partial charge on any atom is -0.488 e. The van der Waals surface area contributed by atoms with E-state index in [1.807, 2.05) is 43.3 Å².